The fraction of sp³-hybridized carbons (Fsp3) is 0.143. The summed E-state index contributed by atoms with van der Waals surface area (Å²) < 4.78 is 43.2. The normalized spacial score (nSPS) is 11.2. The summed E-state index contributed by atoms with van der Waals surface area (Å²) in [4.78, 5) is 0. The Bertz CT molecular complexity index is 570. The van der Waals surface area contributed by atoms with Crippen LogP contribution in [0.1, 0.15) is 11.1 Å². The van der Waals surface area contributed by atoms with Gasteiger partial charge in [0.05, 0.1) is 11.3 Å². The molecule has 106 valence electrons. The molecule has 0 amide bonds. The lowest BCUT2D eigenvalue weighted by Gasteiger charge is -2.14. The van der Waals surface area contributed by atoms with Crippen LogP contribution in [0.15, 0.2) is 48.5 Å². The fourth-order valence-electron chi connectivity index (χ4n) is 1.68. The van der Waals surface area contributed by atoms with Gasteiger partial charge in [-0.05, 0) is 23.8 Å². The number of hydrazine groups is 1. The molecule has 0 spiro atoms. The third-order valence-electron chi connectivity index (χ3n) is 2.70. The minimum absolute atomic E-state index is 0.0933. The maximum atomic E-state index is 12.6. The molecule has 0 atom stereocenters. The number of hydrogen-bond acceptors (Lipinski definition) is 3. The van der Waals surface area contributed by atoms with E-state index in [0.29, 0.717) is 0 Å². The minimum Gasteiger partial charge on any atom is -0.487 e. The number of halogens is 3. The number of nitrogens with one attached hydrogen (secondary N) is 1. The van der Waals surface area contributed by atoms with Gasteiger partial charge in [0.15, 0.2) is 0 Å². The van der Waals surface area contributed by atoms with Crippen LogP contribution >= 0.6 is 0 Å². The highest BCUT2D eigenvalue weighted by Crippen LogP contribution is 2.34. The molecule has 0 fully saturated rings. The molecule has 3 N–H and O–H groups in total. The molecule has 0 bridgehead atoms. The number of nitrogen functional groups attached to an aromatic ring is 1. The van der Waals surface area contributed by atoms with Crippen LogP contribution in [0.4, 0.5) is 18.9 Å². The van der Waals surface area contributed by atoms with Crippen molar-refractivity contribution >= 4 is 5.69 Å². The monoisotopic (exact) mass is 282 g/mol. The number of anilines is 1. The molecule has 2 aromatic carbocycles. The molecule has 0 saturated heterocycles. The molecular formula is C14H13F3N2O. The summed E-state index contributed by atoms with van der Waals surface area (Å²) in [6.45, 7) is 0.251. The molecule has 0 aromatic heterocycles. The summed E-state index contributed by atoms with van der Waals surface area (Å²) in [6, 6.07) is 12.4. The van der Waals surface area contributed by atoms with Gasteiger partial charge < -0.3 is 10.2 Å². The Morgan fingerprint density at radius 1 is 1.05 bits per heavy atom. The summed E-state index contributed by atoms with van der Waals surface area (Å²) in [7, 11) is 0. The Morgan fingerprint density at radius 3 is 2.35 bits per heavy atom. The van der Waals surface area contributed by atoms with Gasteiger partial charge in [-0.15, -0.1) is 0 Å². The molecule has 2 aromatic rings. The lowest BCUT2D eigenvalue weighted by atomic mass is 10.2. The van der Waals surface area contributed by atoms with Gasteiger partial charge in [0, 0.05) is 0 Å². The van der Waals surface area contributed by atoms with Crippen LogP contribution in [0.5, 0.6) is 5.75 Å². The molecule has 0 aliphatic heterocycles. The first-order valence-corrected chi connectivity index (χ1v) is 5.85. The van der Waals surface area contributed by atoms with E-state index in [4.69, 9.17) is 10.6 Å². The summed E-state index contributed by atoms with van der Waals surface area (Å²) >= 11 is 0. The zero-order valence-corrected chi connectivity index (χ0v) is 10.4. The number of ether oxygens (including phenoxy) is 1. The highest BCUT2D eigenvalue weighted by Gasteiger charge is 2.31. The van der Waals surface area contributed by atoms with Crippen molar-refractivity contribution in [1.82, 2.24) is 0 Å². The van der Waals surface area contributed by atoms with Crippen LogP contribution in [-0.4, -0.2) is 0 Å². The van der Waals surface area contributed by atoms with E-state index in [1.165, 1.54) is 6.07 Å². The summed E-state index contributed by atoms with van der Waals surface area (Å²) in [6.07, 6.45) is -4.41. The second-order valence-electron chi connectivity index (χ2n) is 4.13. The van der Waals surface area contributed by atoms with Crippen molar-refractivity contribution in [3.63, 3.8) is 0 Å². The van der Waals surface area contributed by atoms with Gasteiger partial charge in [-0.2, -0.15) is 13.2 Å². The predicted octanol–water partition coefficient (Wildman–Crippen LogP) is 3.57. The maximum absolute atomic E-state index is 12.6. The number of hydrogen-bond donors (Lipinski definition) is 2. The van der Waals surface area contributed by atoms with E-state index in [1.54, 1.807) is 0 Å². The van der Waals surface area contributed by atoms with Crippen molar-refractivity contribution in [2.45, 2.75) is 12.8 Å². The fourth-order valence-corrected chi connectivity index (χ4v) is 1.68. The Hall–Kier alpha value is -2.21. The van der Waals surface area contributed by atoms with Gasteiger partial charge in [-0.3, -0.25) is 5.84 Å². The Morgan fingerprint density at radius 2 is 1.75 bits per heavy atom. The second kappa shape index (κ2) is 5.83. The van der Waals surface area contributed by atoms with Crippen molar-refractivity contribution in [2.75, 3.05) is 5.43 Å². The lowest BCUT2D eigenvalue weighted by molar-refractivity contribution is -0.137. The molecule has 2 rings (SSSR count). The molecule has 6 heteroatoms. The zero-order valence-electron chi connectivity index (χ0n) is 10.4. The van der Waals surface area contributed by atoms with Crippen LogP contribution in [0.2, 0.25) is 0 Å². The van der Waals surface area contributed by atoms with Crippen molar-refractivity contribution in [3.8, 4) is 5.75 Å². The van der Waals surface area contributed by atoms with Crippen molar-refractivity contribution in [2.24, 2.45) is 5.84 Å². The zero-order chi connectivity index (χ0) is 14.6. The Labute approximate surface area is 114 Å². The Balaban J connectivity index is 2.16. The minimum atomic E-state index is -4.41. The molecule has 0 aliphatic carbocycles. The van der Waals surface area contributed by atoms with Gasteiger partial charge in [0.1, 0.15) is 12.4 Å². The number of alkyl halides is 3. The third-order valence-corrected chi connectivity index (χ3v) is 2.70. The molecule has 0 radical (unpaired) electrons. The standard InChI is InChI=1S/C14H13F3N2O/c15-14(16,17)11-6-7-13(12(8-11)19-18)20-9-10-4-2-1-3-5-10/h1-8,19H,9,18H2. The van der Waals surface area contributed by atoms with Gasteiger partial charge in [0.25, 0.3) is 0 Å². The molecule has 0 saturated carbocycles. The molecule has 20 heavy (non-hydrogen) atoms. The summed E-state index contributed by atoms with van der Waals surface area (Å²) in [5.41, 5.74) is 2.44. The first kappa shape index (κ1) is 14.2. The lowest BCUT2D eigenvalue weighted by Crippen LogP contribution is -2.12. The van der Waals surface area contributed by atoms with Crippen LogP contribution in [-0.2, 0) is 12.8 Å². The SMILES string of the molecule is NNc1cc(C(F)(F)F)ccc1OCc1ccccc1. The largest absolute Gasteiger partial charge is 0.487 e. The second-order valence-corrected chi connectivity index (χ2v) is 4.13. The predicted molar refractivity (Wildman–Crippen MR) is 70.0 cm³/mol. The van der Waals surface area contributed by atoms with E-state index in [2.05, 4.69) is 5.43 Å². The summed E-state index contributed by atoms with van der Waals surface area (Å²) in [5, 5.41) is 0. The van der Waals surface area contributed by atoms with Gasteiger partial charge >= 0.3 is 6.18 Å². The number of rotatable bonds is 4. The molecule has 3 nitrogen and oxygen atoms in total. The highest BCUT2D eigenvalue weighted by molar-refractivity contribution is 5.57. The molecular weight excluding hydrogens is 269 g/mol. The quantitative estimate of drug-likeness (QED) is 0.665. The number of nitrogens with two attached hydrogens (primary N) is 1. The maximum Gasteiger partial charge on any atom is 0.416 e. The van der Waals surface area contributed by atoms with Gasteiger partial charge in [-0.25, -0.2) is 0 Å². The highest BCUT2D eigenvalue weighted by atomic mass is 19.4. The van der Waals surface area contributed by atoms with E-state index >= 15 is 0 Å². The molecule has 0 unspecified atom stereocenters. The van der Waals surface area contributed by atoms with E-state index in [0.717, 1.165) is 17.7 Å². The van der Waals surface area contributed by atoms with Crippen molar-refractivity contribution in [3.05, 3.63) is 59.7 Å². The third kappa shape index (κ3) is 3.42. The topological polar surface area (TPSA) is 47.3 Å². The van der Waals surface area contributed by atoms with E-state index in [-0.39, 0.29) is 18.0 Å². The van der Waals surface area contributed by atoms with E-state index < -0.39 is 11.7 Å². The van der Waals surface area contributed by atoms with Gasteiger partial charge in [0.2, 0.25) is 0 Å². The van der Waals surface area contributed by atoms with Crippen LogP contribution in [0.25, 0.3) is 0 Å². The first-order chi connectivity index (χ1) is 9.50. The molecule has 0 heterocycles. The first-order valence-electron chi connectivity index (χ1n) is 5.85. The summed E-state index contributed by atoms with van der Waals surface area (Å²) in [5.74, 6) is 5.50. The Kier molecular flexibility index (Phi) is 4.14. The van der Waals surface area contributed by atoms with Crippen molar-refractivity contribution in [1.29, 1.82) is 0 Å². The van der Waals surface area contributed by atoms with Crippen molar-refractivity contribution < 1.29 is 17.9 Å². The van der Waals surface area contributed by atoms with Gasteiger partial charge in [-0.1, -0.05) is 30.3 Å². The smallest absolute Gasteiger partial charge is 0.416 e. The van der Waals surface area contributed by atoms with Crippen LogP contribution < -0.4 is 16.0 Å². The molecule has 0 aliphatic rings. The van der Waals surface area contributed by atoms with Crippen LogP contribution in [0, 0.1) is 0 Å². The van der Waals surface area contributed by atoms with E-state index in [1.807, 2.05) is 30.3 Å². The average Bonchev–Trinajstić information content (AvgIpc) is 2.45. The number of benzene rings is 2. The van der Waals surface area contributed by atoms with Crippen LogP contribution in [0.3, 0.4) is 0 Å². The average molecular weight is 282 g/mol. The van der Waals surface area contributed by atoms with E-state index in [9.17, 15) is 13.2 Å².